The smallest absolute Gasteiger partial charge is 0.403 e. The summed E-state index contributed by atoms with van der Waals surface area (Å²) in [5.74, 6) is -1.17. The van der Waals surface area contributed by atoms with Crippen LogP contribution in [0.1, 0.15) is 21.6 Å². The minimum Gasteiger partial charge on any atom is -0.403 e. The zero-order chi connectivity index (χ0) is 23.3. The molecule has 0 fully saturated rings. The van der Waals surface area contributed by atoms with Gasteiger partial charge in [0.1, 0.15) is 11.3 Å². The number of carbonyl (C=O) groups is 1. The predicted octanol–water partition coefficient (Wildman–Crippen LogP) is 4.83. The van der Waals surface area contributed by atoms with Crippen LogP contribution in [0.4, 0.5) is 17.6 Å². The minimum absolute atomic E-state index is 0.0183. The molecule has 0 spiro atoms. The molecular weight excluding hydrogens is 440 g/mol. The third-order valence-electron chi connectivity index (χ3n) is 5.45. The molecule has 0 saturated carbocycles. The zero-order valence-corrected chi connectivity index (χ0v) is 17.2. The maximum atomic E-state index is 15.0. The van der Waals surface area contributed by atoms with Crippen LogP contribution in [0.2, 0.25) is 0 Å². The Balaban J connectivity index is 1.45. The van der Waals surface area contributed by atoms with Crippen molar-refractivity contribution in [2.24, 2.45) is 7.05 Å². The molecule has 2 aromatic heterocycles. The van der Waals surface area contributed by atoms with Gasteiger partial charge in [0, 0.05) is 36.9 Å². The van der Waals surface area contributed by atoms with Crippen LogP contribution in [-0.4, -0.2) is 31.9 Å². The first-order valence-electron chi connectivity index (χ1n) is 9.94. The highest BCUT2D eigenvalue weighted by atomic mass is 19.4. The van der Waals surface area contributed by atoms with Gasteiger partial charge in [-0.25, -0.2) is 4.39 Å². The maximum absolute atomic E-state index is 15.0. The van der Waals surface area contributed by atoms with Gasteiger partial charge in [-0.15, -0.1) is 13.2 Å². The second-order valence-corrected chi connectivity index (χ2v) is 7.69. The van der Waals surface area contributed by atoms with Crippen LogP contribution in [-0.2, 0) is 20.1 Å². The van der Waals surface area contributed by atoms with Crippen molar-refractivity contribution < 1.29 is 27.1 Å². The van der Waals surface area contributed by atoms with Crippen LogP contribution in [0, 0.1) is 5.82 Å². The summed E-state index contributed by atoms with van der Waals surface area (Å²) in [6, 6.07) is 10.5. The third-order valence-corrected chi connectivity index (χ3v) is 5.45. The van der Waals surface area contributed by atoms with E-state index in [9.17, 15) is 18.0 Å². The number of amides is 1. The van der Waals surface area contributed by atoms with Crippen LogP contribution in [0.25, 0.3) is 22.0 Å². The molecule has 0 aliphatic carbocycles. The van der Waals surface area contributed by atoms with E-state index >= 15 is 4.39 Å². The van der Waals surface area contributed by atoms with Gasteiger partial charge < -0.3 is 9.64 Å². The topological polar surface area (TPSA) is 60.2 Å². The van der Waals surface area contributed by atoms with Crippen molar-refractivity contribution in [3.8, 4) is 16.9 Å². The highest BCUT2D eigenvalue weighted by molar-refractivity contribution is 5.98. The summed E-state index contributed by atoms with van der Waals surface area (Å²) >= 11 is 0. The first-order chi connectivity index (χ1) is 15.7. The molecule has 0 N–H and O–H groups in total. The van der Waals surface area contributed by atoms with E-state index in [0.29, 0.717) is 39.9 Å². The van der Waals surface area contributed by atoms with E-state index in [0.717, 1.165) is 6.07 Å². The van der Waals surface area contributed by atoms with Gasteiger partial charge in [-0.05, 0) is 41.5 Å². The molecule has 6 nitrogen and oxygen atoms in total. The number of nitrogens with zero attached hydrogens (tertiary/aromatic N) is 4. The molecule has 1 aliphatic heterocycles. The lowest BCUT2D eigenvalue weighted by atomic mass is 9.99. The standard InChI is InChI=1S/C23H16F4N4O2/c1-30-11-17-15(6-7-20(21(17)29-30)33-23(25,26)27)13-4-5-14(18(24)9-13)10-31-12-19-16(22(31)32)3-2-8-28-19/h2-9,11H,10,12H2,1H3. The van der Waals surface area contributed by atoms with E-state index in [4.69, 9.17) is 0 Å². The molecule has 1 aliphatic rings. The summed E-state index contributed by atoms with van der Waals surface area (Å²) in [5.41, 5.74) is 2.47. The Labute approximate surface area is 185 Å². The number of rotatable bonds is 4. The number of fused-ring (bicyclic) bond motifs is 2. The minimum atomic E-state index is -4.86. The first kappa shape index (κ1) is 20.9. The Kier molecular flexibility index (Phi) is 4.80. The number of halogens is 4. The van der Waals surface area contributed by atoms with Gasteiger partial charge in [0.15, 0.2) is 5.75 Å². The van der Waals surface area contributed by atoms with Gasteiger partial charge in [0.05, 0.1) is 17.8 Å². The van der Waals surface area contributed by atoms with Crippen molar-refractivity contribution in [2.75, 3.05) is 0 Å². The highest BCUT2D eigenvalue weighted by Gasteiger charge is 2.33. The predicted molar refractivity (Wildman–Crippen MR) is 111 cm³/mol. The van der Waals surface area contributed by atoms with Gasteiger partial charge in [0.25, 0.3) is 5.91 Å². The molecule has 4 aromatic rings. The number of pyridine rings is 1. The number of alkyl halides is 3. The van der Waals surface area contributed by atoms with E-state index < -0.39 is 17.9 Å². The molecule has 1 amide bonds. The lowest BCUT2D eigenvalue weighted by molar-refractivity contribution is -0.274. The molecule has 0 radical (unpaired) electrons. The number of hydrogen-bond donors (Lipinski definition) is 0. The highest BCUT2D eigenvalue weighted by Crippen LogP contribution is 2.36. The number of carbonyl (C=O) groups excluding carboxylic acids is 1. The Morgan fingerprint density at radius 2 is 1.94 bits per heavy atom. The summed E-state index contributed by atoms with van der Waals surface area (Å²) in [6.07, 6.45) is -1.70. The molecule has 168 valence electrons. The van der Waals surface area contributed by atoms with Crippen molar-refractivity contribution in [2.45, 2.75) is 19.5 Å². The fourth-order valence-electron chi connectivity index (χ4n) is 4.01. The fourth-order valence-corrected chi connectivity index (χ4v) is 4.01. The number of benzene rings is 2. The van der Waals surface area contributed by atoms with E-state index in [2.05, 4.69) is 14.8 Å². The Hall–Kier alpha value is -3.95. The average molecular weight is 456 g/mol. The van der Waals surface area contributed by atoms with Crippen LogP contribution >= 0.6 is 0 Å². The molecule has 0 saturated heterocycles. The molecule has 10 heteroatoms. The zero-order valence-electron chi connectivity index (χ0n) is 17.2. The van der Waals surface area contributed by atoms with Gasteiger partial charge >= 0.3 is 6.36 Å². The summed E-state index contributed by atoms with van der Waals surface area (Å²) in [4.78, 5) is 18.2. The lowest BCUT2D eigenvalue weighted by Crippen LogP contribution is -2.23. The van der Waals surface area contributed by atoms with Crippen molar-refractivity contribution in [1.29, 1.82) is 0 Å². The Morgan fingerprint density at radius 1 is 1.12 bits per heavy atom. The van der Waals surface area contributed by atoms with E-state index in [-0.39, 0.29) is 18.0 Å². The lowest BCUT2D eigenvalue weighted by Gasteiger charge is -2.16. The van der Waals surface area contributed by atoms with Crippen LogP contribution < -0.4 is 4.74 Å². The molecule has 5 rings (SSSR count). The summed E-state index contributed by atoms with van der Waals surface area (Å²) < 4.78 is 58.7. The van der Waals surface area contributed by atoms with Crippen LogP contribution in [0.3, 0.4) is 0 Å². The SMILES string of the molecule is Cn1cc2c(-c3ccc(CN4Cc5ncccc5C4=O)c(F)c3)ccc(OC(F)(F)F)c2n1. The summed E-state index contributed by atoms with van der Waals surface area (Å²) in [5, 5.41) is 4.46. The van der Waals surface area contributed by atoms with Crippen LogP contribution in [0.15, 0.2) is 54.9 Å². The van der Waals surface area contributed by atoms with Gasteiger partial charge in [-0.2, -0.15) is 5.10 Å². The van der Waals surface area contributed by atoms with Gasteiger partial charge in [-0.3, -0.25) is 14.5 Å². The Morgan fingerprint density at radius 3 is 2.67 bits per heavy atom. The molecule has 3 heterocycles. The second-order valence-electron chi connectivity index (χ2n) is 7.69. The van der Waals surface area contributed by atoms with Crippen LogP contribution in [0.5, 0.6) is 5.75 Å². The van der Waals surface area contributed by atoms with Gasteiger partial charge in [0.2, 0.25) is 0 Å². The number of ether oxygens (including phenoxy) is 1. The molecule has 2 aromatic carbocycles. The molecule has 0 unspecified atom stereocenters. The van der Waals surface area contributed by atoms with Crippen molar-refractivity contribution >= 4 is 16.8 Å². The normalized spacial score (nSPS) is 13.6. The Bertz CT molecular complexity index is 1400. The fraction of sp³-hybridized carbons (Fsp3) is 0.174. The van der Waals surface area contributed by atoms with E-state index in [1.165, 1.54) is 21.7 Å². The van der Waals surface area contributed by atoms with E-state index in [1.54, 1.807) is 43.7 Å². The van der Waals surface area contributed by atoms with Gasteiger partial charge in [-0.1, -0.05) is 12.1 Å². The molecule has 0 bridgehead atoms. The van der Waals surface area contributed by atoms with Crippen molar-refractivity contribution in [3.63, 3.8) is 0 Å². The average Bonchev–Trinajstić information content (AvgIpc) is 3.29. The summed E-state index contributed by atoms with van der Waals surface area (Å²) in [6.45, 7) is 0.370. The first-order valence-corrected chi connectivity index (χ1v) is 9.94. The molecule has 0 atom stereocenters. The summed E-state index contributed by atoms with van der Waals surface area (Å²) in [7, 11) is 1.57. The van der Waals surface area contributed by atoms with Crippen molar-refractivity contribution in [1.82, 2.24) is 19.7 Å². The second kappa shape index (κ2) is 7.58. The molecular formula is C23H16F4N4O2. The number of aryl methyl sites for hydroxylation is 1. The van der Waals surface area contributed by atoms with E-state index in [1.807, 2.05) is 0 Å². The van der Waals surface area contributed by atoms with Crippen molar-refractivity contribution in [3.05, 3.63) is 77.5 Å². The number of hydrogen-bond acceptors (Lipinski definition) is 4. The largest absolute Gasteiger partial charge is 0.573 e. The quantitative estimate of drug-likeness (QED) is 0.413. The number of aromatic nitrogens is 3. The maximum Gasteiger partial charge on any atom is 0.573 e. The third kappa shape index (κ3) is 3.88. The monoisotopic (exact) mass is 456 g/mol. The molecule has 33 heavy (non-hydrogen) atoms.